The number of hydrogen-bond acceptors (Lipinski definition) is 2. The maximum absolute atomic E-state index is 12.8. The molecule has 0 bridgehead atoms. The van der Waals surface area contributed by atoms with Gasteiger partial charge in [-0.15, -0.1) is 0 Å². The van der Waals surface area contributed by atoms with Crippen molar-refractivity contribution >= 4 is 16.8 Å². The monoisotopic (exact) mass is 361 g/mol. The highest BCUT2D eigenvalue weighted by atomic mass is 16.1. The van der Waals surface area contributed by atoms with Crippen molar-refractivity contribution in [3.63, 3.8) is 0 Å². The molecule has 3 aromatic rings. The first-order valence-corrected chi connectivity index (χ1v) is 10.0. The molecule has 27 heavy (non-hydrogen) atoms. The Morgan fingerprint density at radius 3 is 2.70 bits per heavy atom. The summed E-state index contributed by atoms with van der Waals surface area (Å²) in [6.45, 7) is 0.562. The number of nitrogens with one attached hydrogen (secondary N) is 2. The molecule has 0 saturated heterocycles. The molecule has 1 fully saturated rings. The fraction of sp³-hybridized carbons (Fsp3) is 0.391. The van der Waals surface area contributed by atoms with E-state index in [-0.39, 0.29) is 11.8 Å². The summed E-state index contributed by atoms with van der Waals surface area (Å²) in [6, 6.07) is 12.3. The second-order valence-electron chi connectivity index (χ2n) is 7.63. The lowest BCUT2D eigenvalue weighted by molar-refractivity contribution is -0.122. The van der Waals surface area contributed by atoms with E-state index in [2.05, 4.69) is 45.7 Å². The molecule has 0 unspecified atom stereocenters. The summed E-state index contributed by atoms with van der Waals surface area (Å²) in [7, 11) is 0. The molecule has 4 heteroatoms. The van der Waals surface area contributed by atoms with Gasteiger partial charge >= 0.3 is 0 Å². The number of amides is 1. The van der Waals surface area contributed by atoms with Crippen LogP contribution in [0.3, 0.4) is 0 Å². The number of pyridine rings is 1. The third-order valence-corrected chi connectivity index (χ3v) is 5.88. The van der Waals surface area contributed by atoms with Gasteiger partial charge in [0, 0.05) is 42.5 Å². The van der Waals surface area contributed by atoms with Gasteiger partial charge in [0.15, 0.2) is 0 Å². The van der Waals surface area contributed by atoms with E-state index in [9.17, 15) is 4.79 Å². The fourth-order valence-electron chi connectivity index (χ4n) is 4.44. The maximum atomic E-state index is 12.8. The molecule has 1 saturated carbocycles. The normalized spacial score (nSPS) is 16.3. The lowest BCUT2D eigenvalue weighted by Gasteiger charge is -2.30. The van der Waals surface area contributed by atoms with Crippen molar-refractivity contribution in [3.05, 3.63) is 66.1 Å². The molecule has 1 aliphatic carbocycles. The molecule has 1 aliphatic rings. The molecule has 140 valence electrons. The lowest BCUT2D eigenvalue weighted by Crippen LogP contribution is -2.27. The highest BCUT2D eigenvalue weighted by Gasteiger charge is 2.28. The lowest BCUT2D eigenvalue weighted by atomic mass is 9.75. The van der Waals surface area contributed by atoms with E-state index in [1.54, 1.807) is 12.4 Å². The first-order valence-electron chi connectivity index (χ1n) is 10.0. The number of fused-ring (bicyclic) bond motifs is 1. The third kappa shape index (κ3) is 4.21. The topological polar surface area (TPSA) is 57.8 Å². The van der Waals surface area contributed by atoms with Gasteiger partial charge < -0.3 is 10.3 Å². The number of hydrogen-bond donors (Lipinski definition) is 2. The molecule has 1 aromatic carbocycles. The zero-order valence-electron chi connectivity index (χ0n) is 15.7. The summed E-state index contributed by atoms with van der Waals surface area (Å²) in [6.07, 6.45) is 12.5. The van der Waals surface area contributed by atoms with E-state index in [1.807, 2.05) is 12.1 Å². The minimum atomic E-state index is 0.132. The van der Waals surface area contributed by atoms with Crippen LogP contribution < -0.4 is 5.32 Å². The van der Waals surface area contributed by atoms with Crippen LogP contribution in [0.2, 0.25) is 0 Å². The Morgan fingerprint density at radius 2 is 1.89 bits per heavy atom. The van der Waals surface area contributed by atoms with Gasteiger partial charge in [-0.2, -0.15) is 0 Å². The second-order valence-corrected chi connectivity index (χ2v) is 7.63. The molecule has 4 nitrogen and oxygen atoms in total. The van der Waals surface area contributed by atoms with Crippen molar-refractivity contribution in [1.82, 2.24) is 15.3 Å². The Bertz CT molecular complexity index is 881. The fourth-order valence-corrected chi connectivity index (χ4v) is 4.44. The number of carbonyl (C=O) groups excluding carboxylic acids is 1. The highest BCUT2D eigenvalue weighted by Crippen LogP contribution is 2.40. The molecular weight excluding hydrogens is 334 g/mol. The number of para-hydroxylation sites is 1. The van der Waals surface area contributed by atoms with Crippen LogP contribution in [0, 0.1) is 5.92 Å². The van der Waals surface area contributed by atoms with Gasteiger partial charge in [0.2, 0.25) is 5.91 Å². The second kappa shape index (κ2) is 8.38. The van der Waals surface area contributed by atoms with Crippen molar-refractivity contribution in [1.29, 1.82) is 0 Å². The number of nitrogens with zero attached hydrogens (tertiary/aromatic N) is 1. The van der Waals surface area contributed by atoms with Gasteiger partial charge in [-0.3, -0.25) is 9.78 Å². The molecule has 0 aliphatic heterocycles. The summed E-state index contributed by atoms with van der Waals surface area (Å²) < 4.78 is 0. The number of carbonyl (C=O) groups is 1. The molecule has 2 heterocycles. The molecular formula is C23H27N3O. The molecule has 4 rings (SSSR count). The maximum Gasteiger partial charge on any atom is 0.220 e. The van der Waals surface area contributed by atoms with Gasteiger partial charge in [-0.05, 0) is 54.0 Å². The van der Waals surface area contributed by atoms with Crippen LogP contribution in [0.4, 0.5) is 0 Å². The zero-order chi connectivity index (χ0) is 18.5. The first-order chi connectivity index (χ1) is 13.3. The molecule has 1 atom stereocenters. The van der Waals surface area contributed by atoms with Crippen molar-refractivity contribution in [2.45, 2.75) is 51.0 Å². The van der Waals surface area contributed by atoms with Crippen LogP contribution in [0.15, 0.2) is 55.0 Å². The van der Waals surface area contributed by atoms with Crippen LogP contribution >= 0.6 is 0 Å². The summed E-state index contributed by atoms with van der Waals surface area (Å²) in [5.41, 5.74) is 3.54. The van der Waals surface area contributed by atoms with Crippen LogP contribution in [0.1, 0.15) is 55.6 Å². The Labute approximate surface area is 160 Å². The summed E-state index contributed by atoms with van der Waals surface area (Å²) in [5.74, 6) is 0.996. The number of benzene rings is 1. The number of H-pyrrole nitrogens is 1. The van der Waals surface area contributed by atoms with Crippen LogP contribution in [0.5, 0.6) is 0 Å². The van der Waals surface area contributed by atoms with Gasteiger partial charge in [-0.1, -0.05) is 37.5 Å². The standard InChI is InChI=1S/C23H27N3O/c27-23(26-15-17-10-12-24-13-11-17)14-20(18-6-2-1-3-7-18)21-16-25-22-9-5-4-8-19(21)22/h4-5,8-13,16,18,20,25H,1-3,6-7,14-15H2,(H,26,27)/t20-/m1/s1. The summed E-state index contributed by atoms with van der Waals surface area (Å²) >= 11 is 0. The molecule has 0 radical (unpaired) electrons. The van der Waals surface area contributed by atoms with Gasteiger partial charge in [0.25, 0.3) is 0 Å². The number of aromatic nitrogens is 2. The average Bonchev–Trinajstić information content (AvgIpc) is 3.16. The van der Waals surface area contributed by atoms with E-state index >= 15 is 0 Å². The Hall–Kier alpha value is -2.62. The Morgan fingerprint density at radius 1 is 1.11 bits per heavy atom. The molecule has 2 N–H and O–H groups in total. The molecule has 0 spiro atoms. The summed E-state index contributed by atoms with van der Waals surface area (Å²) in [5, 5.41) is 4.36. The van der Waals surface area contributed by atoms with Crippen LogP contribution in [0.25, 0.3) is 10.9 Å². The van der Waals surface area contributed by atoms with Gasteiger partial charge in [-0.25, -0.2) is 0 Å². The van der Waals surface area contributed by atoms with Crippen molar-refractivity contribution in [3.8, 4) is 0 Å². The van der Waals surface area contributed by atoms with Gasteiger partial charge in [0.1, 0.15) is 0 Å². The molecule has 1 amide bonds. The largest absolute Gasteiger partial charge is 0.361 e. The zero-order valence-corrected chi connectivity index (χ0v) is 15.7. The van der Waals surface area contributed by atoms with Crippen LogP contribution in [-0.4, -0.2) is 15.9 Å². The predicted molar refractivity (Wildman–Crippen MR) is 108 cm³/mol. The Balaban J connectivity index is 1.52. The van der Waals surface area contributed by atoms with Crippen molar-refractivity contribution < 1.29 is 4.79 Å². The highest BCUT2D eigenvalue weighted by molar-refractivity contribution is 5.85. The predicted octanol–water partition coefficient (Wildman–Crippen LogP) is 4.93. The minimum Gasteiger partial charge on any atom is -0.361 e. The molecule has 2 aromatic heterocycles. The SMILES string of the molecule is O=C(C[C@@H](c1c[nH]c2ccccc12)C1CCCCC1)NCc1ccncc1. The minimum absolute atomic E-state index is 0.132. The van der Waals surface area contributed by atoms with E-state index < -0.39 is 0 Å². The first kappa shape index (κ1) is 17.8. The third-order valence-electron chi connectivity index (χ3n) is 5.88. The summed E-state index contributed by atoms with van der Waals surface area (Å²) in [4.78, 5) is 20.2. The van der Waals surface area contributed by atoms with E-state index in [1.165, 1.54) is 43.1 Å². The number of aromatic amines is 1. The Kier molecular flexibility index (Phi) is 5.52. The van der Waals surface area contributed by atoms with Crippen molar-refractivity contribution in [2.24, 2.45) is 5.92 Å². The van der Waals surface area contributed by atoms with E-state index in [0.717, 1.165) is 11.1 Å². The van der Waals surface area contributed by atoms with E-state index in [4.69, 9.17) is 0 Å². The quantitative estimate of drug-likeness (QED) is 0.654. The van der Waals surface area contributed by atoms with Crippen LogP contribution in [-0.2, 0) is 11.3 Å². The average molecular weight is 361 g/mol. The van der Waals surface area contributed by atoms with Crippen molar-refractivity contribution in [2.75, 3.05) is 0 Å². The van der Waals surface area contributed by atoms with Gasteiger partial charge in [0.05, 0.1) is 0 Å². The van der Waals surface area contributed by atoms with E-state index in [0.29, 0.717) is 18.9 Å². The number of rotatable bonds is 6. The smallest absolute Gasteiger partial charge is 0.220 e.